The molecule has 26 heavy (non-hydrogen) atoms. The molecule has 1 amide bonds. The lowest BCUT2D eigenvalue weighted by Crippen LogP contribution is -2.45. The number of nitrogens with zero attached hydrogens (tertiary/aromatic N) is 2. The van der Waals surface area contributed by atoms with E-state index < -0.39 is 10.9 Å². The molecule has 8 heteroatoms. The summed E-state index contributed by atoms with van der Waals surface area (Å²) in [6, 6.07) is 0.0862. The Morgan fingerprint density at radius 2 is 1.73 bits per heavy atom. The summed E-state index contributed by atoms with van der Waals surface area (Å²) in [5, 5.41) is 6.34. The highest BCUT2D eigenvalue weighted by Gasteiger charge is 2.27. The average Bonchev–Trinajstić information content (AvgIpc) is 3.17. The van der Waals surface area contributed by atoms with E-state index in [1.54, 1.807) is 11.8 Å². The van der Waals surface area contributed by atoms with Gasteiger partial charge in [-0.05, 0) is 45.7 Å². The van der Waals surface area contributed by atoms with Gasteiger partial charge in [-0.3, -0.25) is 9.59 Å². The smallest absolute Gasteiger partial charge is 0.409 e. The Labute approximate surface area is 153 Å². The summed E-state index contributed by atoms with van der Waals surface area (Å²) in [7, 11) is 0. The normalized spacial score (nSPS) is 19.0. The van der Waals surface area contributed by atoms with Gasteiger partial charge in [-0.2, -0.15) is 0 Å². The van der Waals surface area contributed by atoms with Crippen LogP contribution in [0.1, 0.15) is 32.6 Å². The van der Waals surface area contributed by atoms with Crippen LogP contribution in [-0.4, -0.2) is 67.8 Å². The minimum absolute atomic E-state index is 0.0862. The predicted molar refractivity (Wildman–Crippen MR) is 101 cm³/mol. The van der Waals surface area contributed by atoms with E-state index in [4.69, 9.17) is 4.74 Å². The van der Waals surface area contributed by atoms with Gasteiger partial charge >= 0.3 is 6.09 Å². The van der Waals surface area contributed by atoms with Gasteiger partial charge in [-0.25, -0.2) is 4.79 Å². The van der Waals surface area contributed by atoms with Crippen LogP contribution in [0.3, 0.4) is 0 Å². The van der Waals surface area contributed by atoms with Gasteiger partial charge in [0.25, 0.3) is 10.9 Å². The van der Waals surface area contributed by atoms with Crippen molar-refractivity contribution >= 4 is 17.5 Å². The lowest BCUT2D eigenvalue weighted by atomic mass is 10.0. The zero-order valence-corrected chi connectivity index (χ0v) is 15.4. The van der Waals surface area contributed by atoms with Gasteiger partial charge in [0.2, 0.25) is 0 Å². The molecule has 0 unspecified atom stereocenters. The predicted octanol–water partition coefficient (Wildman–Crippen LogP) is 0.823. The number of carbonyl (C=O) groups is 1. The molecule has 2 aliphatic heterocycles. The first-order valence-corrected chi connectivity index (χ1v) is 9.58. The maximum Gasteiger partial charge on any atom is 0.409 e. The van der Waals surface area contributed by atoms with Crippen molar-refractivity contribution in [2.75, 3.05) is 56.5 Å². The third-order valence-corrected chi connectivity index (χ3v) is 5.21. The third-order valence-electron chi connectivity index (χ3n) is 5.21. The van der Waals surface area contributed by atoms with E-state index >= 15 is 0 Å². The van der Waals surface area contributed by atoms with Gasteiger partial charge in [0.15, 0.2) is 0 Å². The second-order valence-electron chi connectivity index (χ2n) is 6.99. The Morgan fingerprint density at radius 1 is 1.08 bits per heavy atom. The molecule has 0 spiro atoms. The van der Waals surface area contributed by atoms with E-state index in [-0.39, 0.29) is 12.1 Å². The van der Waals surface area contributed by atoms with Gasteiger partial charge in [0, 0.05) is 32.2 Å². The van der Waals surface area contributed by atoms with E-state index in [1.165, 1.54) is 12.8 Å². The Hall–Kier alpha value is -2.09. The summed E-state index contributed by atoms with van der Waals surface area (Å²) < 4.78 is 5.01. The molecule has 2 aliphatic rings. The molecule has 2 heterocycles. The SMILES string of the molecule is CCOC(=O)N1CCC(Nc2c(NCCN3CCCC3)c(=O)c2=O)CC1. The van der Waals surface area contributed by atoms with Crippen molar-refractivity contribution in [1.29, 1.82) is 0 Å². The number of hydrogen-bond donors (Lipinski definition) is 2. The first-order chi connectivity index (χ1) is 12.6. The second kappa shape index (κ2) is 8.53. The first-order valence-electron chi connectivity index (χ1n) is 9.58. The monoisotopic (exact) mass is 364 g/mol. The maximum absolute atomic E-state index is 11.9. The number of carbonyl (C=O) groups excluding carboxylic acids is 1. The summed E-state index contributed by atoms with van der Waals surface area (Å²) in [6.45, 7) is 7.10. The Kier molecular flexibility index (Phi) is 6.13. The number of amides is 1. The molecule has 0 radical (unpaired) electrons. The van der Waals surface area contributed by atoms with Crippen molar-refractivity contribution in [2.24, 2.45) is 0 Å². The second-order valence-corrected chi connectivity index (χ2v) is 6.99. The van der Waals surface area contributed by atoms with Crippen molar-refractivity contribution in [3.63, 3.8) is 0 Å². The molecule has 0 atom stereocenters. The fourth-order valence-electron chi connectivity index (χ4n) is 3.67. The molecule has 3 rings (SSSR count). The molecule has 0 saturated carbocycles. The minimum atomic E-state index is -0.443. The molecule has 0 aromatic heterocycles. The molecular formula is C18H28N4O4. The number of likely N-dealkylation sites (tertiary alicyclic amines) is 2. The van der Waals surface area contributed by atoms with Gasteiger partial charge in [-0.1, -0.05) is 0 Å². The number of nitrogens with one attached hydrogen (secondary N) is 2. The Morgan fingerprint density at radius 3 is 2.38 bits per heavy atom. The standard InChI is InChI=1S/C18H28N4O4/c1-2-26-18(25)22-10-5-13(6-11-22)20-15-14(16(23)17(15)24)19-7-12-21-8-3-4-9-21/h13,19-20H,2-12H2,1H3. The van der Waals surface area contributed by atoms with E-state index in [9.17, 15) is 14.4 Å². The fourth-order valence-corrected chi connectivity index (χ4v) is 3.67. The van der Waals surface area contributed by atoms with Crippen LogP contribution >= 0.6 is 0 Å². The van der Waals surface area contributed by atoms with Gasteiger partial charge in [-0.15, -0.1) is 0 Å². The summed E-state index contributed by atoms with van der Waals surface area (Å²) in [5.74, 6) is 0. The van der Waals surface area contributed by atoms with Crippen molar-refractivity contribution in [3.05, 3.63) is 20.4 Å². The highest BCUT2D eigenvalue weighted by molar-refractivity contribution is 5.74. The fraction of sp³-hybridized carbons (Fsp3) is 0.722. The van der Waals surface area contributed by atoms with Gasteiger partial charge < -0.3 is 25.2 Å². The van der Waals surface area contributed by atoms with Gasteiger partial charge in [0.05, 0.1) is 6.61 Å². The maximum atomic E-state index is 11.9. The van der Waals surface area contributed by atoms with E-state index in [2.05, 4.69) is 15.5 Å². The number of ether oxygens (including phenoxy) is 1. The molecule has 144 valence electrons. The largest absolute Gasteiger partial charge is 0.450 e. The van der Waals surface area contributed by atoms with E-state index in [0.717, 1.165) is 32.5 Å². The molecule has 2 fully saturated rings. The molecule has 2 N–H and O–H groups in total. The van der Waals surface area contributed by atoms with Crippen LogP contribution in [-0.2, 0) is 4.74 Å². The van der Waals surface area contributed by atoms with Crippen LogP contribution in [0, 0.1) is 0 Å². The Bertz CT molecular complexity index is 684. The summed E-state index contributed by atoms with van der Waals surface area (Å²) in [5.41, 5.74) is -0.0487. The molecule has 2 saturated heterocycles. The zero-order chi connectivity index (χ0) is 18.5. The van der Waals surface area contributed by atoms with Crippen LogP contribution in [0.5, 0.6) is 0 Å². The minimum Gasteiger partial charge on any atom is -0.450 e. The highest BCUT2D eigenvalue weighted by Crippen LogP contribution is 2.20. The van der Waals surface area contributed by atoms with E-state index in [0.29, 0.717) is 37.6 Å². The number of rotatable bonds is 7. The number of hydrogen-bond acceptors (Lipinski definition) is 7. The number of anilines is 2. The zero-order valence-electron chi connectivity index (χ0n) is 15.4. The molecule has 0 bridgehead atoms. The van der Waals surface area contributed by atoms with Crippen molar-refractivity contribution < 1.29 is 9.53 Å². The quantitative estimate of drug-likeness (QED) is 0.692. The Balaban J connectivity index is 1.48. The van der Waals surface area contributed by atoms with Crippen LogP contribution in [0.2, 0.25) is 0 Å². The van der Waals surface area contributed by atoms with Crippen LogP contribution in [0.15, 0.2) is 9.59 Å². The molecule has 1 aromatic rings. The van der Waals surface area contributed by atoms with Crippen molar-refractivity contribution in [3.8, 4) is 0 Å². The van der Waals surface area contributed by atoms with Crippen LogP contribution in [0.4, 0.5) is 16.2 Å². The summed E-state index contributed by atoms with van der Waals surface area (Å²) in [4.78, 5) is 39.5. The average molecular weight is 364 g/mol. The summed E-state index contributed by atoms with van der Waals surface area (Å²) in [6.07, 6.45) is 3.63. The van der Waals surface area contributed by atoms with E-state index in [1.807, 2.05) is 0 Å². The third kappa shape index (κ3) is 4.17. The van der Waals surface area contributed by atoms with Crippen molar-refractivity contribution in [1.82, 2.24) is 9.80 Å². The topological polar surface area (TPSA) is 91.0 Å². The molecule has 8 nitrogen and oxygen atoms in total. The summed E-state index contributed by atoms with van der Waals surface area (Å²) >= 11 is 0. The lowest BCUT2D eigenvalue weighted by molar-refractivity contribution is 0.0983. The molecule has 0 aliphatic carbocycles. The van der Waals surface area contributed by atoms with Crippen LogP contribution < -0.4 is 21.5 Å². The lowest BCUT2D eigenvalue weighted by Gasteiger charge is -2.32. The first kappa shape index (κ1) is 18.7. The highest BCUT2D eigenvalue weighted by atomic mass is 16.6. The number of piperidine rings is 1. The van der Waals surface area contributed by atoms with Crippen LogP contribution in [0.25, 0.3) is 0 Å². The molecule has 1 aromatic carbocycles. The van der Waals surface area contributed by atoms with Gasteiger partial charge in [0.1, 0.15) is 11.4 Å². The van der Waals surface area contributed by atoms with Crippen molar-refractivity contribution in [2.45, 2.75) is 38.6 Å². The molecular weight excluding hydrogens is 336 g/mol.